The average molecular weight is 238 g/mol. The Morgan fingerprint density at radius 2 is 2.31 bits per heavy atom. The van der Waals surface area contributed by atoms with Crippen LogP contribution in [0, 0.1) is 12.8 Å². The molecular formula is C11H18N4S. The van der Waals surface area contributed by atoms with E-state index in [4.69, 9.17) is 18.0 Å². The first-order valence-electron chi connectivity index (χ1n) is 5.38. The summed E-state index contributed by atoms with van der Waals surface area (Å²) in [5.74, 6) is 0.907. The number of aryl methyl sites for hydroxylation is 1. The monoisotopic (exact) mass is 238 g/mol. The molecule has 0 amide bonds. The number of nitrogens with zero attached hydrogens (tertiary/aromatic N) is 3. The summed E-state index contributed by atoms with van der Waals surface area (Å²) >= 11 is 4.97. The number of hydrogen-bond acceptors (Lipinski definition) is 4. The van der Waals surface area contributed by atoms with E-state index in [9.17, 15) is 0 Å². The van der Waals surface area contributed by atoms with Crippen LogP contribution in [0.3, 0.4) is 0 Å². The summed E-state index contributed by atoms with van der Waals surface area (Å²) in [4.78, 5) is 11.3. The van der Waals surface area contributed by atoms with E-state index in [0.29, 0.717) is 4.99 Å². The van der Waals surface area contributed by atoms with Crippen LogP contribution in [0.1, 0.15) is 19.5 Å². The average Bonchev–Trinajstić information content (AvgIpc) is 2.25. The Morgan fingerprint density at radius 1 is 1.62 bits per heavy atom. The molecule has 2 N–H and O–H groups in total. The smallest absolute Gasteiger partial charge is 0.225 e. The number of thiocarbonyl (C=S) groups is 1. The number of aromatic nitrogens is 2. The maximum Gasteiger partial charge on any atom is 0.225 e. The SMILES string of the molecule is CCN(CC(C)C(N)=S)c1nccc(C)n1. The van der Waals surface area contributed by atoms with Gasteiger partial charge in [-0.25, -0.2) is 9.97 Å². The Balaban J connectivity index is 2.78. The van der Waals surface area contributed by atoms with Crippen LogP contribution in [0.2, 0.25) is 0 Å². The third-order valence-electron chi connectivity index (χ3n) is 2.43. The first-order chi connectivity index (χ1) is 7.54. The van der Waals surface area contributed by atoms with Gasteiger partial charge in [-0.1, -0.05) is 19.1 Å². The van der Waals surface area contributed by atoms with Crippen molar-refractivity contribution in [2.24, 2.45) is 11.7 Å². The van der Waals surface area contributed by atoms with Crippen molar-refractivity contribution < 1.29 is 0 Å². The van der Waals surface area contributed by atoms with Crippen LogP contribution in [0.4, 0.5) is 5.95 Å². The van der Waals surface area contributed by atoms with Crippen molar-refractivity contribution in [3.05, 3.63) is 18.0 Å². The normalized spacial score (nSPS) is 12.2. The van der Waals surface area contributed by atoms with Gasteiger partial charge in [0.1, 0.15) is 0 Å². The third-order valence-corrected chi connectivity index (χ3v) is 2.83. The lowest BCUT2D eigenvalue weighted by molar-refractivity contribution is 0.689. The molecule has 5 heteroatoms. The number of nitrogens with two attached hydrogens (primary N) is 1. The topological polar surface area (TPSA) is 55.0 Å². The molecule has 1 aromatic rings. The summed E-state index contributed by atoms with van der Waals surface area (Å²) in [7, 11) is 0. The fourth-order valence-corrected chi connectivity index (χ4v) is 1.44. The van der Waals surface area contributed by atoms with Gasteiger partial charge in [-0.15, -0.1) is 0 Å². The van der Waals surface area contributed by atoms with Gasteiger partial charge in [-0.3, -0.25) is 0 Å². The van der Waals surface area contributed by atoms with E-state index in [-0.39, 0.29) is 5.92 Å². The van der Waals surface area contributed by atoms with Crippen LogP contribution in [0.25, 0.3) is 0 Å². The zero-order valence-electron chi connectivity index (χ0n) is 9.97. The highest BCUT2D eigenvalue weighted by Crippen LogP contribution is 2.10. The first-order valence-corrected chi connectivity index (χ1v) is 5.79. The summed E-state index contributed by atoms with van der Waals surface area (Å²) < 4.78 is 0. The molecule has 0 aliphatic carbocycles. The molecule has 1 aromatic heterocycles. The van der Waals surface area contributed by atoms with E-state index in [1.807, 2.05) is 19.9 Å². The van der Waals surface area contributed by atoms with Crippen LogP contribution in [-0.2, 0) is 0 Å². The minimum absolute atomic E-state index is 0.166. The molecule has 88 valence electrons. The van der Waals surface area contributed by atoms with Gasteiger partial charge in [-0.05, 0) is 19.9 Å². The molecule has 0 saturated carbocycles. The first kappa shape index (κ1) is 12.8. The van der Waals surface area contributed by atoms with E-state index in [2.05, 4.69) is 21.8 Å². The molecule has 0 aromatic carbocycles. The summed E-state index contributed by atoms with van der Waals surface area (Å²) in [6.07, 6.45) is 1.77. The van der Waals surface area contributed by atoms with Crippen molar-refractivity contribution in [2.75, 3.05) is 18.0 Å². The largest absolute Gasteiger partial charge is 0.393 e. The van der Waals surface area contributed by atoms with Gasteiger partial charge in [0.2, 0.25) is 5.95 Å². The van der Waals surface area contributed by atoms with Crippen molar-refractivity contribution in [1.29, 1.82) is 0 Å². The summed E-state index contributed by atoms with van der Waals surface area (Å²) in [5.41, 5.74) is 6.58. The van der Waals surface area contributed by atoms with E-state index < -0.39 is 0 Å². The Kier molecular flexibility index (Phi) is 4.61. The molecule has 0 fully saturated rings. The van der Waals surface area contributed by atoms with Crippen molar-refractivity contribution in [1.82, 2.24) is 9.97 Å². The second-order valence-electron chi connectivity index (χ2n) is 3.84. The Morgan fingerprint density at radius 3 is 2.81 bits per heavy atom. The van der Waals surface area contributed by atoms with Gasteiger partial charge in [0.15, 0.2) is 0 Å². The van der Waals surface area contributed by atoms with E-state index in [1.54, 1.807) is 6.20 Å². The van der Waals surface area contributed by atoms with Crippen molar-refractivity contribution >= 4 is 23.2 Å². The molecule has 0 radical (unpaired) electrons. The van der Waals surface area contributed by atoms with Crippen LogP contribution in [0.5, 0.6) is 0 Å². The van der Waals surface area contributed by atoms with Gasteiger partial charge in [0.25, 0.3) is 0 Å². The van der Waals surface area contributed by atoms with Crippen molar-refractivity contribution in [3.63, 3.8) is 0 Å². The van der Waals surface area contributed by atoms with E-state index >= 15 is 0 Å². The Bertz CT molecular complexity index is 367. The minimum Gasteiger partial charge on any atom is -0.393 e. The van der Waals surface area contributed by atoms with Crippen molar-refractivity contribution in [3.8, 4) is 0 Å². The molecule has 1 atom stereocenters. The zero-order valence-corrected chi connectivity index (χ0v) is 10.8. The van der Waals surface area contributed by atoms with E-state index in [1.165, 1.54) is 0 Å². The lowest BCUT2D eigenvalue weighted by atomic mass is 10.2. The van der Waals surface area contributed by atoms with Gasteiger partial charge < -0.3 is 10.6 Å². The molecule has 4 nitrogen and oxygen atoms in total. The molecule has 0 spiro atoms. The molecular weight excluding hydrogens is 220 g/mol. The van der Waals surface area contributed by atoms with Gasteiger partial charge in [-0.2, -0.15) is 0 Å². The van der Waals surface area contributed by atoms with Crippen LogP contribution in [-0.4, -0.2) is 28.0 Å². The highest BCUT2D eigenvalue weighted by Gasteiger charge is 2.13. The second-order valence-corrected chi connectivity index (χ2v) is 4.31. The molecule has 1 unspecified atom stereocenters. The maximum atomic E-state index is 5.61. The highest BCUT2D eigenvalue weighted by atomic mass is 32.1. The lowest BCUT2D eigenvalue weighted by Gasteiger charge is -2.24. The highest BCUT2D eigenvalue weighted by molar-refractivity contribution is 7.80. The van der Waals surface area contributed by atoms with Crippen LogP contribution in [0.15, 0.2) is 12.3 Å². The molecule has 0 bridgehead atoms. The molecule has 16 heavy (non-hydrogen) atoms. The number of anilines is 1. The van der Waals surface area contributed by atoms with Crippen molar-refractivity contribution in [2.45, 2.75) is 20.8 Å². The predicted molar refractivity (Wildman–Crippen MR) is 70.6 cm³/mol. The Hall–Kier alpha value is -1.23. The maximum absolute atomic E-state index is 5.61. The third kappa shape index (κ3) is 3.41. The van der Waals surface area contributed by atoms with Gasteiger partial charge >= 0.3 is 0 Å². The number of hydrogen-bond donors (Lipinski definition) is 1. The molecule has 1 heterocycles. The van der Waals surface area contributed by atoms with Gasteiger partial charge in [0.05, 0.1) is 4.99 Å². The molecule has 0 saturated heterocycles. The summed E-state index contributed by atoms with van der Waals surface area (Å²) in [6.45, 7) is 7.64. The second kappa shape index (κ2) is 5.75. The quantitative estimate of drug-likeness (QED) is 0.788. The summed E-state index contributed by atoms with van der Waals surface area (Å²) in [5, 5.41) is 0. The van der Waals surface area contributed by atoms with Crippen LogP contribution >= 0.6 is 12.2 Å². The fourth-order valence-electron chi connectivity index (χ4n) is 1.36. The lowest BCUT2D eigenvalue weighted by Crippen LogP contribution is -2.35. The molecule has 1 rings (SSSR count). The van der Waals surface area contributed by atoms with E-state index in [0.717, 1.165) is 24.7 Å². The number of rotatable bonds is 5. The minimum atomic E-state index is 0.166. The standard InChI is InChI=1S/C11H18N4S/c1-4-15(7-8(2)10(12)16)11-13-6-5-9(3)14-11/h5-6,8H,4,7H2,1-3H3,(H2,12,16). The van der Waals surface area contributed by atoms with Crippen LogP contribution < -0.4 is 10.6 Å². The zero-order chi connectivity index (χ0) is 12.1. The molecule has 0 aliphatic heterocycles. The summed E-state index contributed by atoms with van der Waals surface area (Å²) in [6, 6.07) is 1.88. The fraction of sp³-hybridized carbons (Fsp3) is 0.545. The predicted octanol–water partition coefficient (Wildman–Crippen LogP) is 1.53. The molecule has 0 aliphatic rings. The Labute approximate surface area is 102 Å². The van der Waals surface area contributed by atoms with Gasteiger partial charge in [0, 0.05) is 30.9 Å².